The summed E-state index contributed by atoms with van der Waals surface area (Å²) in [5.41, 5.74) is 1.56. The van der Waals surface area contributed by atoms with Crippen molar-refractivity contribution < 1.29 is 0 Å². The van der Waals surface area contributed by atoms with Crippen LogP contribution in [-0.4, -0.2) is 0 Å². The van der Waals surface area contributed by atoms with Gasteiger partial charge in [-0.3, -0.25) is 0 Å². The Morgan fingerprint density at radius 2 is 1.53 bits per heavy atom. The maximum absolute atomic E-state index is 2.41. The molecule has 1 fully saturated rings. The van der Waals surface area contributed by atoms with Crippen LogP contribution in [0.1, 0.15) is 51.0 Å². The number of hydrogen-bond acceptors (Lipinski definition) is 0. The Kier molecular flexibility index (Phi) is 3.59. The minimum absolute atomic E-state index is 0.791. The largest absolute Gasteiger partial charge is 0.0625 e. The van der Waals surface area contributed by atoms with Crippen molar-refractivity contribution in [3.63, 3.8) is 0 Å². The molecule has 1 aliphatic carbocycles. The lowest BCUT2D eigenvalue weighted by Gasteiger charge is -2.31. The Bertz CT molecular complexity index is 545. The van der Waals surface area contributed by atoms with Gasteiger partial charge in [0.15, 0.2) is 0 Å². The van der Waals surface area contributed by atoms with Crippen molar-refractivity contribution in [3.05, 3.63) is 48.0 Å². The van der Waals surface area contributed by atoms with Gasteiger partial charge in [0, 0.05) is 0 Å². The Morgan fingerprint density at radius 1 is 0.842 bits per heavy atom. The summed E-state index contributed by atoms with van der Waals surface area (Å²) in [5.74, 6) is 2.61. The van der Waals surface area contributed by atoms with Crippen molar-refractivity contribution in [2.75, 3.05) is 0 Å². The zero-order valence-corrected chi connectivity index (χ0v) is 12.1. The summed E-state index contributed by atoms with van der Waals surface area (Å²) < 4.78 is 0. The van der Waals surface area contributed by atoms with E-state index in [9.17, 15) is 0 Å². The molecule has 0 bridgehead atoms. The molecule has 2 aromatic carbocycles. The highest BCUT2D eigenvalue weighted by molar-refractivity contribution is 5.83. The smallest absolute Gasteiger partial charge is 0.0162 e. The molecule has 19 heavy (non-hydrogen) atoms. The number of fused-ring (bicyclic) bond motifs is 1. The van der Waals surface area contributed by atoms with Crippen LogP contribution in [0.15, 0.2) is 42.5 Å². The average Bonchev–Trinajstić information content (AvgIpc) is 2.47. The SMILES string of the molecule is CC(C)C1CCC(c2ccc3ccccc3c2)CC1. The third kappa shape index (κ3) is 2.68. The minimum Gasteiger partial charge on any atom is -0.0625 e. The van der Waals surface area contributed by atoms with Crippen LogP contribution < -0.4 is 0 Å². The lowest BCUT2D eigenvalue weighted by molar-refractivity contribution is 0.259. The van der Waals surface area contributed by atoms with Crippen LogP contribution >= 0.6 is 0 Å². The van der Waals surface area contributed by atoms with Crippen molar-refractivity contribution >= 4 is 10.8 Å². The molecular formula is C19H24. The first kappa shape index (κ1) is 12.7. The van der Waals surface area contributed by atoms with E-state index in [2.05, 4.69) is 56.3 Å². The summed E-state index contributed by atoms with van der Waals surface area (Å²) in [5, 5.41) is 2.76. The summed E-state index contributed by atoms with van der Waals surface area (Å²) in [6.07, 6.45) is 5.58. The third-order valence-electron chi connectivity index (χ3n) is 4.96. The molecule has 1 aliphatic rings. The highest BCUT2D eigenvalue weighted by Gasteiger charge is 2.24. The number of benzene rings is 2. The molecule has 0 heterocycles. The van der Waals surface area contributed by atoms with E-state index in [1.165, 1.54) is 36.5 Å². The maximum Gasteiger partial charge on any atom is -0.0162 e. The highest BCUT2D eigenvalue weighted by atomic mass is 14.3. The van der Waals surface area contributed by atoms with E-state index in [4.69, 9.17) is 0 Å². The van der Waals surface area contributed by atoms with E-state index in [1.807, 2.05) is 0 Å². The lowest BCUT2D eigenvalue weighted by Crippen LogP contribution is -2.17. The predicted molar refractivity (Wildman–Crippen MR) is 83.5 cm³/mol. The van der Waals surface area contributed by atoms with Gasteiger partial charge in [-0.1, -0.05) is 56.3 Å². The monoisotopic (exact) mass is 252 g/mol. The number of hydrogen-bond donors (Lipinski definition) is 0. The molecule has 0 N–H and O–H groups in total. The van der Waals surface area contributed by atoms with E-state index < -0.39 is 0 Å². The summed E-state index contributed by atoms with van der Waals surface area (Å²) in [6, 6.07) is 15.8. The Labute approximate surface area is 116 Å². The predicted octanol–water partition coefficient (Wildman–Crippen LogP) is 5.77. The molecule has 0 aromatic heterocycles. The summed E-state index contributed by atoms with van der Waals surface area (Å²) in [4.78, 5) is 0. The second-order valence-electron chi connectivity index (χ2n) is 6.46. The van der Waals surface area contributed by atoms with Crippen LogP contribution in [-0.2, 0) is 0 Å². The molecule has 0 spiro atoms. The standard InChI is InChI=1S/C19H24/c1-14(2)15-7-9-17(10-8-15)19-12-11-16-5-3-4-6-18(16)13-19/h3-6,11-15,17H,7-10H2,1-2H3. The summed E-state index contributed by atoms with van der Waals surface area (Å²) >= 11 is 0. The van der Waals surface area contributed by atoms with Gasteiger partial charge in [0.25, 0.3) is 0 Å². The molecule has 0 saturated heterocycles. The van der Waals surface area contributed by atoms with Gasteiger partial charge in [-0.15, -0.1) is 0 Å². The molecular weight excluding hydrogens is 228 g/mol. The van der Waals surface area contributed by atoms with Gasteiger partial charge in [-0.25, -0.2) is 0 Å². The Balaban J connectivity index is 1.78. The van der Waals surface area contributed by atoms with Gasteiger partial charge in [0.05, 0.1) is 0 Å². The van der Waals surface area contributed by atoms with Gasteiger partial charge in [-0.2, -0.15) is 0 Å². The van der Waals surface area contributed by atoms with Gasteiger partial charge >= 0.3 is 0 Å². The fourth-order valence-electron chi connectivity index (χ4n) is 3.58. The van der Waals surface area contributed by atoms with Crippen molar-refractivity contribution in [2.45, 2.75) is 45.4 Å². The molecule has 0 amide bonds. The molecule has 0 atom stereocenters. The van der Waals surface area contributed by atoms with E-state index in [1.54, 1.807) is 5.56 Å². The highest BCUT2D eigenvalue weighted by Crippen LogP contribution is 2.39. The van der Waals surface area contributed by atoms with E-state index >= 15 is 0 Å². The number of rotatable bonds is 2. The molecule has 2 aromatic rings. The second kappa shape index (κ2) is 5.36. The van der Waals surface area contributed by atoms with E-state index in [0.717, 1.165) is 17.8 Å². The van der Waals surface area contributed by atoms with E-state index in [0.29, 0.717) is 0 Å². The summed E-state index contributed by atoms with van der Waals surface area (Å²) in [6.45, 7) is 4.75. The molecule has 1 saturated carbocycles. The first-order valence-electron chi connectivity index (χ1n) is 7.73. The van der Waals surface area contributed by atoms with Crippen LogP contribution in [0.2, 0.25) is 0 Å². The van der Waals surface area contributed by atoms with Crippen LogP contribution in [0.5, 0.6) is 0 Å². The van der Waals surface area contributed by atoms with Gasteiger partial charge < -0.3 is 0 Å². The first-order chi connectivity index (χ1) is 9.24. The van der Waals surface area contributed by atoms with Crippen molar-refractivity contribution in [2.24, 2.45) is 11.8 Å². The van der Waals surface area contributed by atoms with Crippen molar-refractivity contribution in [1.82, 2.24) is 0 Å². The summed E-state index contributed by atoms with van der Waals surface area (Å²) in [7, 11) is 0. The molecule has 3 rings (SSSR count). The van der Waals surface area contributed by atoms with E-state index in [-0.39, 0.29) is 0 Å². The molecule has 0 unspecified atom stereocenters. The molecule has 0 radical (unpaired) electrons. The average molecular weight is 252 g/mol. The Hall–Kier alpha value is -1.30. The Morgan fingerprint density at radius 3 is 2.21 bits per heavy atom. The van der Waals surface area contributed by atoms with Crippen LogP contribution in [0.4, 0.5) is 0 Å². The van der Waals surface area contributed by atoms with Crippen LogP contribution in [0, 0.1) is 11.8 Å². The quantitative estimate of drug-likeness (QED) is 0.636. The fourth-order valence-corrected chi connectivity index (χ4v) is 3.58. The van der Waals surface area contributed by atoms with Crippen molar-refractivity contribution in [3.8, 4) is 0 Å². The van der Waals surface area contributed by atoms with Crippen LogP contribution in [0.25, 0.3) is 10.8 Å². The molecule has 0 heteroatoms. The topological polar surface area (TPSA) is 0 Å². The normalized spacial score (nSPS) is 23.9. The minimum atomic E-state index is 0.791. The molecule has 0 aliphatic heterocycles. The van der Waals surface area contributed by atoms with Crippen molar-refractivity contribution in [1.29, 1.82) is 0 Å². The molecule has 0 nitrogen and oxygen atoms in total. The third-order valence-corrected chi connectivity index (χ3v) is 4.96. The van der Waals surface area contributed by atoms with Gasteiger partial charge in [0.2, 0.25) is 0 Å². The van der Waals surface area contributed by atoms with Crippen LogP contribution in [0.3, 0.4) is 0 Å². The molecule has 100 valence electrons. The lowest BCUT2D eigenvalue weighted by atomic mass is 9.74. The zero-order chi connectivity index (χ0) is 13.2. The van der Waals surface area contributed by atoms with Gasteiger partial charge in [-0.05, 0) is 59.8 Å². The fraction of sp³-hybridized carbons (Fsp3) is 0.474. The maximum atomic E-state index is 2.41. The second-order valence-corrected chi connectivity index (χ2v) is 6.46. The zero-order valence-electron chi connectivity index (χ0n) is 12.1. The first-order valence-corrected chi connectivity index (χ1v) is 7.73. The van der Waals surface area contributed by atoms with Gasteiger partial charge in [0.1, 0.15) is 0 Å².